The van der Waals surface area contributed by atoms with Crippen molar-refractivity contribution < 1.29 is 4.74 Å². The van der Waals surface area contributed by atoms with Gasteiger partial charge in [0.2, 0.25) is 0 Å². The van der Waals surface area contributed by atoms with Crippen LogP contribution in [0, 0.1) is 5.92 Å². The fourth-order valence-corrected chi connectivity index (χ4v) is 5.34. The molecule has 0 amide bonds. The van der Waals surface area contributed by atoms with E-state index in [4.69, 9.17) is 14.7 Å². The summed E-state index contributed by atoms with van der Waals surface area (Å²) in [7, 11) is 0. The molecule has 2 aromatic heterocycles. The van der Waals surface area contributed by atoms with E-state index in [1.54, 1.807) is 11.3 Å². The molecule has 5 heteroatoms. The van der Waals surface area contributed by atoms with Crippen LogP contribution in [0.25, 0.3) is 10.2 Å². The van der Waals surface area contributed by atoms with Crippen molar-refractivity contribution in [3.8, 4) is 0 Å². The Kier molecular flexibility index (Phi) is 4.14. The number of nitrogens with zero attached hydrogens (tertiary/aromatic N) is 3. The predicted molar refractivity (Wildman–Crippen MR) is 106 cm³/mol. The Balaban J connectivity index is 1.60. The summed E-state index contributed by atoms with van der Waals surface area (Å²) < 4.78 is 5.88. The van der Waals surface area contributed by atoms with Crippen molar-refractivity contribution in [2.24, 2.45) is 5.92 Å². The van der Waals surface area contributed by atoms with Crippen molar-refractivity contribution in [3.05, 3.63) is 53.2 Å². The number of anilines is 1. The Hall–Kier alpha value is -1.98. The van der Waals surface area contributed by atoms with Crippen molar-refractivity contribution in [2.75, 3.05) is 24.7 Å². The first kappa shape index (κ1) is 16.2. The summed E-state index contributed by atoms with van der Waals surface area (Å²) in [5.74, 6) is 3.10. The molecule has 0 unspecified atom stereocenters. The molecule has 0 saturated carbocycles. The fraction of sp³-hybridized carbons (Fsp3) is 0.429. The summed E-state index contributed by atoms with van der Waals surface area (Å²) >= 11 is 1.71. The van der Waals surface area contributed by atoms with Crippen LogP contribution in [0.15, 0.2) is 41.8 Å². The first-order valence-electron chi connectivity index (χ1n) is 9.48. The average Bonchev–Trinajstić information content (AvgIpc) is 3.32. The van der Waals surface area contributed by atoms with Crippen LogP contribution < -0.4 is 4.90 Å². The largest absolute Gasteiger partial charge is 0.381 e. The highest BCUT2D eigenvalue weighted by atomic mass is 32.1. The zero-order chi connectivity index (χ0) is 17.5. The molecule has 4 heterocycles. The minimum Gasteiger partial charge on any atom is -0.381 e. The topological polar surface area (TPSA) is 38.2 Å². The summed E-state index contributed by atoms with van der Waals surface area (Å²) in [5, 5.41) is 3.33. The van der Waals surface area contributed by atoms with Gasteiger partial charge in [-0.1, -0.05) is 37.3 Å². The monoisotopic (exact) mass is 365 g/mol. The van der Waals surface area contributed by atoms with Crippen molar-refractivity contribution in [3.63, 3.8) is 0 Å². The van der Waals surface area contributed by atoms with Gasteiger partial charge in [-0.15, -0.1) is 11.3 Å². The number of rotatable bonds is 3. The summed E-state index contributed by atoms with van der Waals surface area (Å²) in [5.41, 5.74) is 1.42. The highest BCUT2D eigenvalue weighted by molar-refractivity contribution is 7.16. The Morgan fingerprint density at radius 1 is 1.19 bits per heavy atom. The molecule has 0 aliphatic carbocycles. The van der Waals surface area contributed by atoms with Gasteiger partial charge in [-0.2, -0.15) is 0 Å². The van der Waals surface area contributed by atoms with E-state index < -0.39 is 0 Å². The lowest BCUT2D eigenvalue weighted by Crippen LogP contribution is -2.39. The predicted octanol–water partition coefficient (Wildman–Crippen LogP) is 4.26. The molecule has 4 nitrogen and oxygen atoms in total. The molecule has 26 heavy (non-hydrogen) atoms. The lowest BCUT2D eigenvalue weighted by atomic mass is 9.84. The molecular weight excluding hydrogens is 342 g/mol. The Bertz CT molecular complexity index is 910. The van der Waals surface area contributed by atoms with Gasteiger partial charge in [0.25, 0.3) is 0 Å². The molecule has 0 radical (unpaired) electrons. The Labute approximate surface area is 157 Å². The zero-order valence-electron chi connectivity index (χ0n) is 15.0. The molecule has 134 valence electrons. The molecule has 0 bridgehead atoms. The Morgan fingerprint density at radius 3 is 2.92 bits per heavy atom. The quantitative estimate of drug-likeness (QED) is 0.695. The second-order valence-corrected chi connectivity index (χ2v) is 8.12. The summed E-state index contributed by atoms with van der Waals surface area (Å²) in [6.07, 6.45) is 1.94. The number of benzene rings is 1. The van der Waals surface area contributed by atoms with Gasteiger partial charge >= 0.3 is 0 Å². The number of thiophene rings is 1. The SMILES string of the molecule is CCc1nc(N2C[C@H](c3ccccc3)[C@@H]3COCC[C@H]32)c2ccsc2n1. The number of ether oxygens (including phenoxy) is 1. The molecule has 5 rings (SSSR count). The maximum absolute atomic E-state index is 5.88. The molecule has 3 aromatic rings. The maximum Gasteiger partial charge on any atom is 0.141 e. The third-order valence-corrected chi connectivity index (χ3v) is 6.65. The van der Waals surface area contributed by atoms with Crippen molar-refractivity contribution in [2.45, 2.75) is 31.7 Å². The van der Waals surface area contributed by atoms with E-state index >= 15 is 0 Å². The van der Waals surface area contributed by atoms with Gasteiger partial charge in [0, 0.05) is 37.5 Å². The summed E-state index contributed by atoms with van der Waals surface area (Å²) in [6, 6.07) is 13.6. The molecule has 0 N–H and O–H groups in total. The normalized spacial score (nSPS) is 25.6. The van der Waals surface area contributed by atoms with Crippen molar-refractivity contribution in [1.82, 2.24) is 9.97 Å². The first-order chi connectivity index (χ1) is 12.8. The highest BCUT2D eigenvalue weighted by Gasteiger charge is 2.45. The standard InChI is InChI=1S/C21H23N3OS/c1-2-19-22-20(15-9-11-26-21(15)23-19)24-12-16(14-6-4-3-5-7-14)17-13-25-10-8-18(17)24/h3-7,9,11,16-18H,2,8,10,12-13H2,1H3/t16-,17+,18-/m1/s1. The molecule has 2 saturated heterocycles. The van der Waals surface area contributed by atoms with E-state index in [0.717, 1.165) is 49.1 Å². The number of hydrogen-bond donors (Lipinski definition) is 0. The lowest BCUT2D eigenvalue weighted by molar-refractivity contribution is 0.0462. The van der Waals surface area contributed by atoms with Gasteiger partial charge in [0.15, 0.2) is 0 Å². The van der Waals surface area contributed by atoms with Crippen LogP contribution in [0.5, 0.6) is 0 Å². The number of aromatic nitrogens is 2. The van der Waals surface area contributed by atoms with E-state index in [2.05, 4.69) is 53.6 Å². The van der Waals surface area contributed by atoms with Gasteiger partial charge in [-0.25, -0.2) is 9.97 Å². The molecule has 0 spiro atoms. The van der Waals surface area contributed by atoms with Crippen LogP contribution in [0.2, 0.25) is 0 Å². The van der Waals surface area contributed by atoms with Crippen molar-refractivity contribution in [1.29, 1.82) is 0 Å². The summed E-state index contributed by atoms with van der Waals surface area (Å²) in [6.45, 7) is 4.83. The minimum absolute atomic E-state index is 0.496. The number of aryl methyl sites for hydroxylation is 1. The van der Waals surface area contributed by atoms with Gasteiger partial charge < -0.3 is 9.64 Å². The van der Waals surface area contributed by atoms with E-state index in [1.165, 1.54) is 10.9 Å². The third kappa shape index (κ3) is 2.61. The molecule has 2 aliphatic rings. The fourth-order valence-electron chi connectivity index (χ4n) is 4.56. The lowest BCUT2D eigenvalue weighted by Gasteiger charge is -2.33. The van der Waals surface area contributed by atoms with Crippen LogP contribution in [-0.4, -0.2) is 35.8 Å². The van der Waals surface area contributed by atoms with Crippen LogP contribution in [-0.2, 0) is 11.2 Å². The van der Waals surface area contributed by atoms with Crippen LogP contribution in [0.1, 0.15) is 30.7 Å². The molecule has 1 aromatic carbocycles. The molecule has 2 aliphatic heterocycles. The van der Waals surface area contributed by atoms with Crippen LogP contribution >= 0.6 is 11.3 Å². The zero-order valence-corrected chi connectivity index (χ0v) is 15.8. The van der Waals surface area contributed by atoms with Gasteiger partial charge in [-0.05, 0) is 23.4 Å². The van der Waals surface area contributed by atoms with E-state index in [-0.39, 0.29) is 0 Å². The minimum atomic E-state index is 0.496. The molecule has 2 fully saturated rings. The summed E-state index contributed by atoms with van der Waals surface area (Å²) in [4.78, 5) is 13.4. The smallest absolute Gasteiger partial charge is 0.141 e. The highest BCUT2D eigenvalue weighted by Crippen LogP contribution is 2.44. The third-order valence-electron chi connectivity index (χ3n) is 5.84. The second-order valence-electron chi connectivity index (χ2n) is 7.22. The van der Waals surface area contributed by atoms with Crippen molar-refractivity contribution >= 4 is 27.4 Å². The second kappa shape index (κ2) is 6.63. The molecular formula is C21H23N3OS. The Morgan fingerprint density at radius 2 is 2.08 bits per heavy atom. The number of fused-ring (bicyclic) bond motifs is 2. The van der Waals surface area contributed by atoms with Crippen LogP contribution in [0.3, 0.4) is 0 Å². The van der Waals surface area contributed by atoms with Crippen LogP contribution in [0.4, 0.5) is 5.82 Å². The van der Waals surface area contributed by atoms with Gasteiger partial charge in [-0.3, -0.25) is 0 Å². The van der Waals surface area contributed by atoms with Gasteiger partial charge in [0.05, 0.1) is 12.0 Å². The number of hydrogen-bond acceptors (Lipinski definition) is 5. The van der Waals surface area contributed by atoms with Gasteiger partial charge in [0.1, 0.15) is 16.5 Å². The molecule has 3 atom stereocenters. The average molecular weight is 366 g/mol. The maximum atomic E-state index is 5.88. The van der Waals surface area contributed by atoms with E-state index in [0.29, 0.717) is 17.9 Å². The van der Waals surface area contributed by atoms with E-state index in [1.807, 2.05) is 0 Å². The first-order valence-corrected chi connectivity index (χ1v) is 10.4. The van der Waals surface area contributed by atoms with E-state index in [9.17, 15) is 0 Å².